The Bertz CT molecular complexity index is 911. The number of carbonyl (C=O) groups is 4. The number of aliphatic hydroxyl groups is 1. The second kappa shape index (κ2) is 9.30. The molecule has 188 valence electrons. The van der Waals surface area contributed by atoms with Gasteiger partial charge in [-0.2, -0.15) is 0 Å². The van der Waals surface area contributed by atoms with Gasteiger partial charge in [0.25, 0.3) is 0 Å². The monoisotopic (exact) mass is 473 g/mol. The summed E-state index contributed by atoms with van der Waals surface area (Å²) in [6.45, 7) is 4.13. The molecule has 34 heavy (non-hydrogen) atoms. The summed E-state index contributed by atoms with van der Waals surface area (Å²) in [6, 6.07) is 0. The van der Waals surface area contributed by atoms with Crippen molar-refractivity contribution >= 4 is 23.3 Å². The number of hydrogen-bond donors (Lipinski definition) is 2. The number of ketones is 3. The van der Waals surface area contributed by atoms with Gasteiger partial charge in [-0.3, -0.25) is 19.2 Å². The lowest BCUT2D eigenvalue weighted by Gasteiger charge is -2.57. The van der Waals surface area contributed by atoms with Gasteiger partial charge in [0.2, 0.25) is 5.78 Å². The lowest BCUT2D eigenvalue weighted by molar-refractivity contribution is -0.173. The summed E-state index contributed by atoms with van der Waals surface area (Å²) in [6.07, 6.45) is 8.18. The molecule has 0 aromatic rings. The molecule has 7 heteroatoms. The van der Waals surface area contributed by atoms with Crippen LogP contribution in [0.25, 0.3) is 0 Å². The molecule has 6 atom stereocenters. The van der Waals surface area contributed by atoms with Crippen molar-refractivity contribution in [1.29, 1.82) is 0 Å². The second-order valence-electron chi connectivity index (χ2n) is 11.5. The van der Waals surface area contributed by atoms with Crippen molar-refractivity contribution < 1.29 is 29.0 Å². The maximum atomic E-state index is 13.6. The molecular weight excluding hydrogens is 434 g/mol. The summed E-state index contributed by atoms with van der Waals surface area (Å²) in [5.74, 6) is -0.724. The van der Waals surface area contributed by atoms with E-state index in [0.29, 0.717) is 32.2 Å². The zero-order chi connectivity index (χ0) is 24.7. The standard InChI is InChI=1S/C27H39NO6/c1-25-11-9-18(29)14-17(25)7-8-19-20-10-12-27(33,26(20,2)15-21(30)24(19)25)22(31)16-34-23(32)6-4-3-5-13-28/h14,19-20,24,33H,3-13,15-16,28H2,1-2H3/t19-,20-,24+,25-,26-,27-/m0/s1. The minimum absolute atomic E-state index is 0.0483. The van der Waals surface area contributed by atoms with Crippen molar-refractivity contribution in [3.63, 3.8) is 0 Å². The minimum atomic E-state index is -1.67. The number of ether oxygens (including phenoxy) is 1. The zero-order valence-corrected chi connectivity index (χ0v) is 20.6. The second-order valence-corrected chi connectivity index (χ2v) is 11.5. The van der Waals surface area contributed by atoms with E-state index in [9.17, 15) is 24.3 Å². The Morgan fingerprint density at radius 3 is 2.62 bits per heavy atom. The van der Waals surface area contributed by atoms with Crippen LogP contribution in [0, 0.1) is 28.6 Å². The molecule has 0 spiro atoms. The van der Waals surface area contributed by atoms with Gasteiger partial charge < -0.3 is 15.6 Å². The third-order valence-corrected chi connectivity index (χ3v) is 9.72. The van der Waals surface area contributed by atoms with Gasteiger partial charge in [-0.05, 0) is 74.8 Å². The Kier molecular flexibility index (Phi) is 6.91. The van der Waals surface area contributed by atoms with E-state index in [2.05, 4.69) is 6.92 Å². The lowest BCUT2D eigenvalue weighted by atomic mass is 9.46. The van der Waals surface area contributed by atoms with E-state index in [4.69, 9.17) is 10.5 Å². The maximum Gasteiger partial charge on any atom is 0.306 e. The third-order valence-electron chi connectivity index (χ3n) is 9.72. The first-order valence-electron chi connectivity index (χ1n) is 12.9. The van der Waals surface area contributed by atoms with Crippen molar-refractivity contribution in [2.75, 3.05) is 13.2 Å². The van der Waals surface area contributed by atoms with Crippen LogP contribution >= 0.6 is 0 Å². The molecule has 0 unspecified atom stereocenters. The smallest absolute Gasteiger partial charge is 0.306 e. The average Bonchev–Trinajstić information content (AvgIpc) is 3.06. The number of nitrogens with two attached hydrogens (primary N) is 1. The number of fused-ring (bicyclic) bond motifs is 5. The summed E-state index contributed by atoms with van der Waals surface area (Å²) in [7, 11) is 0. The molecule has 0 radical (unpaired) electrons. The van der Waals surface area contributed by atoms with Gasteiger partial charge in [0.05, 0.1) is 0 Å². The fourth-order valence-corrected chi connectivity index (χ4v) is 7.77. The van der Waals surface area contributed by atoms with Crippen molar-refractivity contribution in [2.45, 2.75) is 90.1 Å². The fourth-order valence-electron chi connectivity index (χ4n) is 7.77. The van der Waals surface area contributed by atoms with Crippen molar-refractivity contribution in [1.82, 2.24) is 0 Å². The van der Waals surface area contributed by atoms with E-state index in [0.717, 1.165) is 31.3 Å². The van der Waals surface area contributed by atoms with Crippen LogP contribution < -0.4 is 5.73 Å². The number of carbonyl (C=O) groups excluding carboxylic acids is 4. The first kappa shape index (κ1) is 25.2. The predicted molar refractivity (Wildman–Crippen MR) is 126 cm³/mol. The van der Waals surface area contributed by atoms with Crippen LogP contribution in [-0.4, -0.2) is 47.2 Å². The van der Waals surface area contributed by atoms with Gasteiger partial charge in [0.1, 0.15) is 11.4 Å². The highest BCUT2D eigenvalue weighted by atomic mass is 16.5. The quantitative estimate of drug-likeness (QED) is 0.410. The number of Topliss-reactive ketones (excluding diaryl/α,β-unsaturated/α-hetero) is 2. The number of unbranched alkanes of at least 4 members (excludes halogenated alkanes) is 2. The summed E-state index contributed by atoms with van der Waals surface area (Å²) in [5.41, 5.74) is 3.72. The van der Waals surface area contributed by atoms with Crippen LogP contribution in [0.2, 0.25) is 0 Å². The SMILES string of the molecule is C[C@]12CCC(=O)C=C1CC[C@@H]1[C@@H]2C(=O)C[C@@]2(C)[C@H]1CC[C@]2(O)C(=O)COC(=O)CCCCCN. The highest BCUT2D eigenvalue weighted by molar-refractivity contribution is 5.95. The molecule has 0 saturated heterocycles. The molecule has 0 aromatic heterocycles. The summed E-state index contributed by atoms with van der Waals surface area (Å²) in [4.78, 5) is 50.9. The molecule has 4 aliphatic carbocycles. The Labute approximate surface area is 201 Å². The van der Waals surface area contributed by atoms with Crippen LogP contribution in [0.1, 0.15) is 84.5 Å². The summed E-state index contributed by atoms with van der Waals surface area (Å²) < 4.78 is 5.21. The minimum Gasteiger partial charge on any atom is -0.458 e. The Morgan fingerprint density at radius 1 is 1.12 bits per heavy atom. The van der Waals surface area contributed by atoms with E-state index in [1.807, 2.05) is 6.92 Å². The van der Waals surface area contributed by atoms with Crippen LogP contribution in [0.3, 0.4) is 0 Å². The lowest BCUT2D eigenvalue weighted by Crippen LogP contribution is -2.61. The van der Waals surface area contributed by atoms with Gasteiger partial charge in [-0.25, -0.2) is 0 Å². The van der Waals surface area contributed by atoms with E-state index in [1.54, 1.807) is 6.08 Å². The maximum absolute atomic E-state index is 13.6. The zero-order valence-electron chi connectivity index (χ0n) is 20.6. The Hall–Kier alpha value is -1.86. The summed E-state index contributed by atoms with van der Waals surface area (Å²) >= 11 is 0. The number of allylic oxidation sites excluding steroid dienone is 1. The first-order chi connectivity index (χ1) is 16.1. The van der Waals surface area contributed by atoms with Crippen LogP contribution in [0.5, 0.6) is 0 Å². The molecule has 7 nitrogen and oxygen atoms in total. The van der Waals surface area contributed by atoms with E-state index in [-0.39, 0.29) is 54.0 Å². The van der Waals surface area contributed by atoms with Crippen LogP contribution in [0.15, 0.2) is 11.6 Å². The van der Waals surface area contributed by atoms with Gasteiger partial charge in [0.15, 0.2) is 12.4 Å². The number of esters is 1. The molecule has 0 aliphatic heterocycles. The molecule has 3 saturated carbocycles. The van der Waals surface area contributed by atoms with Crippen LogP contribution in [-0.2, 0) is 23.9 Å². The predicted octanol–water partition coefficient (Wildman–Crippen LogP) is 3.06. The van der Waals surface area contributed by atoms with Crippen molar-refractivity contribution in [3.8, 4) is 0 Å². The largest absolute Gasteiger partial charge is 0.458 e. The van der Waals surface area contributed by atoms with Crippen molar-refractivity contribution in [2.24, 2.45) is 34.3 Å². The topological polar surface area (TPSA) is 124 Å². The van der Waals surface area contributed by atoms with Gasteiger partial charge in [0, 0.05) is 30.6 Å². The highest BCUT2D eigenvalue weighted by Gasteiger charge is 2.68. The first-order valence-corrected chi connectivity index (χ1v) is 12.9. The van der Waals surface area contributed by atoms with Gasteiger partial charge in [-0.1, -0.05) is 25.8 Å². The molecule has 0 aromatic carbocycles. The fraction of sp³-hybridized carbons (Fsp3) is 0.778. The molecule has 3 fully saturated rings. The normalized spacial score (nSPS) is 39.1. The molecular formula is C27H39NO6. The molecule has 0 amide bonds. The molecule has 4 rings (SSSR count). The molecule has 3 N–H and O–H groups in total. The molecule has 0 bridgehead atoms. The van der Waals surface area contributed by atoms with Crippen LogP contribution in [0.4, 0.5) is 0 Å². The number of hydrogen-bond acceptors (Lipinski definition) is 7. The highest BCUT2D eigenvalue weighted by Crippen LogP contribution is 2.66. The average molecular weight is 474 g/mol. The molecule has 4 aliphatic rings. The van der Waals surface area contributed by atoms with E-state index >= 15 is 0 Å². The third kappa shape index (κ3) is 3.98. The Balaban J connectivity index is 1.48. The van der Waals surface area contributed by atoms with Crippen molar-refractivity contribution in [3.05, 3.63) is 11.6 Å². The van der Waals surface area contributed by atoms with Gasteiger partial charge >= 0.3 is 5.97 Å². The van der Waals surface area contributed by atoms with E-state index in [1.165, 1.54) is 0 Å². The molecule has 0 heterocycles. The van der Waals surface area contributed by atoms with E-state index < -0.39 is 29.4 Å². The Morgan fingerprint density at radius 2 is 1.88 bits per heavy atom. The van der Waals surface area contributed by atoms with Gasteiger partial charge in [-0.15, -0.1) is 0 Å². The number of rotatable bonds is 8. The summed E-state index contributed by atoms with van der Waals surface area (Å²) in [5, 5.41) is 11.6.